The lowest BCUT2D eigenvalue weighted by molar-refractivity contribution is -0.118. The standard InChI is InChI=1S/C17H17ClN4O2S3/c1-10(22-15(20-21-17(22)25)14-4-3-7-26-14)16(23)19-13-8-11(9-27(2)24)5-6-12(13)18/h3-8,10H,9H2,1-2H3,(H,19,23)(H,21,25). The summed E-state index contributed by atoms with van der Waals surface area (Å²) in [5.41, 5.74) is 1.31. The first-order chi connectivity index (χ1) is 12.9. The normalized spacial score (nSPS) is 13.3. The van der Waals surface area contributed by atoms with Gasteiger partial charge in [-0.15, -0.1) is 11.3 Å². The van der Waals surface area contributed by atoms with E-state index in [1.54, 1.807) is 35.9 Å². The summed E-state index contributed by atoms with van der Waals surface area (Å²) >= 11 is 13.0. The second kappa shape index (κ2) is 8.47. The molecule has 6 nitrogen and oxygen atoms in total. The van der Waals surface area contributed by atoms with E-state index in [0.29, 0.717) is 27.1 Å². The van der Waals surface area contributed by atoms with Gasteiger partial charge < -0.3 is 5.32 Å². The Hall–Kier alpha value is -1.81. The molecule has 142 valence electrons. The first-order valence-electron chi connectivity index (χ1n) is 7.97. The van der Waals surface area contributed by atoms with E-state index in [-0.39, 0.29) is 5.91 Å². The van der Waals surface area contributed by atoms with Crippen molar-refractivity contribution in [1.82, 2.24) is 14.8 Å². The number of rotatable bonds is 6. The summed E-state index contributed by atoms with van der Waals surface area (Å²) in [6.07, 6.45) is 1.63. The third-order valence-corrected chi connectivity index (χ3v) is 6.09. The summed E-state index contributed by atoms with van der Waals surface area (Å²) in [6.45, 7) is 1.75. The van der Waals surface area contributed by atoms with Crippen LogP contribution in [0.2, 0.25) is 5.02 Å². The van der Waals surface area contributed by atoms with Crippen LogP contribution >= 0.6 is 35.2 Å². The van der Waals surface area contributed by atoms with Crippen LogP contribution in [0, 0.1) is 4.77 Å². The molecule has 0 aliphatic rings. The molecule has 3 aromatic rings. The Labute approximate surface area is 173 Å². The van der Waals surface area contributed by atoms with Crippen molar-refractivity contribution in [2.45, 2.75) is 18.7 Å². The number of hydrogen-bond acceptors (Lipinski definition) is 5. The van der Waals surface area contributed by atoms with Gasteiger partial charge in [0, 0.05) is 22.8 Å². The predicted molar refractivity (Wildman–Crippen MR) is 113 cm³/mol. The van der Waals surface area contributed by atoms with E-state index in [0.717, 1.165) is 10.4 Å². The zero-order chi connectivity index (χ0) is 19.6. The number of thiophene rings is 1. The maximum Gasteiger partial charge on any atom is 0.247 e. The Bertz CT molecular complexity index is 1040. The van der Waals surface area contributed by atoms with Gasteiger partial charge in [-0.3, -0.25) is 18.7 Å². The monoisotopic (exact) mass is 440 g/mol. The summed E-state index contributed by atoms with van der Waals surface area (Å²) in [6, 6.07) is 8.45. The van der Waals surface area contributed by atoms with E-state index in [9.17, 15) is 9.00 Å². The highest BCUT2D eigenvalue weighted by atomic mass is 35.5. The molecule has 0 saturated heterocycles. The fourth-order valence-electron chi connectivity index (χ4n) is 2.59. The smallest absolute Gasteiger partial charge is 0.247 e. The molecule has 10 heteroatoms. The zero-order valence-corrected chi connectivity index (χ0v) is 17.8. The Kier molecular flexibility index (Phi) is 6.25. The van der Waals surface area contributed by atoms with Gasteiger partial charge in [0.2, 0.25) is 5.91 Å². The number of anilines is 1. The van der Waals surface area contributed by atoms with Crippen LogP contribution in [0.3, 0.4) is 0 Å². The summed E-state index contributed by atoms with van der Waals surface area (Å²) < 4.78 is 13.5. The Morgan fingerprint density at radius 2 is 2.26 bits per heavy atom. The van der Waals surface area contributed by atoms with E-state index >= 15 is 0 Å². The molecular weight excluding hydrogens is 424 g/mol. The molecular formula is C17H17ClN4O2S3. The average molecular weight is 441 g/mol. The van der Waals surface area contributed by atoms with Gasteiger partial charge in [-0.05, 0) is 48.3 Å². The van der Waals surface area contributed by atoms with Crippen molar-refractivity contribution in [1.29, 1.82) is 0 Å². The number of benzene rings is 1. The minimum atomic E-state index is -0.986. The van der Waals surface area contributed by atoms with Gasteiger partial charge in [0.15, 0.2) is 10.6 Å². The van der Waals surface area contributed by atoms with Crippen LogP contribution in [0.25, 0.3) is 10.7 Å². The van der Waals surface area contributed by atoms with Gasteiger partial charge >= 0.3 is 0 Å². The number of carbonyl (C=O) groups excluding carboxylic acids is 1. The summed E-state index contributed by atoms with van der Waals surface area (Å²) in [4.78, 5) is 13.7. The van der Waals surface area contributed by atoms with Gasteiger partial charge in [0.25, 0.3) is 0 Å². The number of H-pyrrole nitrogens is 1. The first kappa shape index (κ1) is 19.9. The van der Waals surface area contributed by atoms with Crippen LogP contribution in [0.15, 0.2) is 35.7 Å². The van der Waals surface area contributed by atoms with Crippen LogP contribution in [0.4, 0.5) is 5.69 Å². The van der Waals surface area contributed by atoms with Crippen molar-refractivity contribution in [3.05, 3.63) is 51.1 Å². The molecule has 2 N–H and O–H groups in total. The molecule has 0 bridgehead atoms. The quantitative estimate of drug-likeness (QED) is 0.556. The largest absolute Gasteiger partial charge is 0.323 e. The third-order valence-electron chi connectivity index (χ3n) is 3.87. The molecule has 0 radical (unpaired) electrons. The van der Waals surface area contributed by atoms with Crippen molar-refractivity contribution >= 4 is 57.5 Å². The molecule has 3 rings (SSSR count). The zero-order valence-electron chi connectivity index (χ0n) is 14.6. The minimum Gasteiger partial charge on any atom is -0.323 e. The van der Waals surface area contributed by atoms with Crippen LogP contribution in [-0.4, -0.2) is 31.1 Å². The first-order valence-corrected chi connectivity index (χ1v) is 11.4. The van der Waals surface area contributed by atoms with E-state index in [2.05, 4.69) is 15.5 Å². The Balaban J connectivity index is 1.87. The molecule has 1 amide bonds. The highest BCUT2D eigenvalue weighted by Gasteiger charge is 2.22. The maximum absolute atomic E-state index is 12.8. The SMILES string of the molecule is CC(C(=O)Nc1cc(CS(C)=O)ccc1Cl)n1c(-c2cccs2)n[nH]c1=S. The number of aromatic amines is 1. The number of nitrogens with one attached hydrogen (secondary N) is 2. The third kappa shape index (κ3) is 4.55. The van der Waals surface area contributed by atoms with Gasteiger partial charge in [-0.25, -0.2) is 0 Å². The minimum absolute atomic E-state index is 0.276. The second-order valence-electron chi connectivity index (χ2n) is 5.90. The van der Waals surface area contributed by atoms with Crippen molar-refractivity contribution in [2.75, 3.05) is 11.6 Å². The highest BCUT2D eigenvalue weighted by molar-refractivity contribution is 7.83. The van der Waals surface area contributed by atoms with Gasteiger partial charge in [0.1, 0.15) is 6.04 Å². The van der Waals surface area contributed by atoms with Crippen LogP contribution < -0.4 is 5.32 Å². The van der Waals surface area contributed by atoms with Crippen molar-refractivity contribution in [3.63, 3.8) is 0 Å². The van der Waals surface area contributed by atoms with Crippen LogP contribution in [0.1, 0.15) is 18.5 Å². The van der Waals surface area contributed by atoms with Crippen LogP contribution in [-0.2, 0) is 21.3 Å². The van der Waals surface area contributed by atoms with Gasteiger partial charge in [-0.2, -0.15) is 5.10 Å². The number of carbonyl (C=O) groups is 1. The topological polar surface area (TPSA) is 79.8 Å². The van der Waals surface area contributed by atoms with Gasteiger partial charge in [-0.1, -0.05) is 23.7 Å². The molecule has 2 heterocycles. The second-order valence-corrected chi connectivity index (χ2v) is 9.07. The number of aromatic nitrogens is 3. The van der Waals surface area contributed by atoms with E-state index in [1.807, 2.05) is 17.5 Å². The van der Waals surface area contributed by atoms with E-state index in [1.165, 1.54) is 11.3 Å². The summed E-state index contributed by atoms with van der Waals surface area (Å²) in [5.74, 6) is 0.728. The van der Waals surface area contributed by atoms with Crippen molar-refractivity contribution in [2.24, 2.45) is 0 Å². The van der Waals surface area contributed by atoms with Crippen LogP contribution in [0.5, 0.6) is 0 Å². The Morgan fingerprint density at radius 3 is 2.93 bits per heavy atom. The van der Waals surface area contributed by atoms with Crippen molar-refractivity contribution in [3.8, 4) is 10.7 Å². The molecule has 0 spiro atoms. The van der Waals surface area contributed by atoms with E-state index < -0.39 is 16.8 Å². The number of amides is 1. The average Bonchev–Trinajstić information content (AvgIpc) is 3.26. The lowest BCUT2D eigenvalue weighted by Gasteiger charge is -2.16. The van der Waals surface area contributed by atoms with Gasteiger partial charge in [0.05, 0.1) is 15.6 Å². The fraction of sp³-hybridized carbons (Fsp3) is 0.235. The predicted octanol–water partition coefficient (Wildman–Crippen LogP) is 4.40. The molecule has 27 heavy (non-hydrogen) atoms. The fourth-order valence-corrected chi connectivity index (χ4v) is 4.41. The molecule has 2 unspecified atom stereocenters. The van der Waals surface area contributed by atoms with E-state index in [4.69, 9.17) is 23.8 Å². The molecule has 1 aromatic carbocycles. The molecule has 2 atom stereocenters. The maximum atomic E-state index is 12.8. The molecule has 0 aliphatic heterocycles. The number of nitrogens with zero attached hydrogens (tertiary/aromatic N) is 2. The molecule has 0 saturated carbocycles. The molecule has 0 fully saturated rings. The molecule has 0 aliphatic carbocycles. The lowest BCUT2D eigenvalue weighted by atomic mass is 10.2. The van der Waals surface area contributed by atoms with Crippen molar-refractivity contribution < 1.29 is 9.00 Å². The lowest BCUT2D eigenvalue weighted by Crippen LogP contribution is -2.24. The highest BCUT2D eigenvalue weighted by Crippen LogP contribution is 2.28. The Morgan fingerprint density at radius 1 is 1.48 bits per heavy atom. The summed E-state index contributed by atoms with van der Waals surface area (Å²) in [7, 11) is -0.986. The molecule has 2 aromatic heterocycles. The number of halogens is 1. The summed E-state index contributed by atoms with van der Waals surface area (Å²) in [5, 5.41) is 12.2. The number of hydrogen-bond donors (Lipinski definition) is 2.